The molecular weight excluding hydrogens is 220 g/mol. The first kappa shape index (κ1) is 11.2. The highest BCUT2D eigenvalue weighted by Gasteiger charge is 2.05. The van der Waals surface area contributed by atoms with Crippen LogP contribution in [0.15, 0.2) is 30.3 Å². The molecule has 0 fully saturated rings. The molecule has 0 aliphatic rings. The van der Waals surface area contributed by atoms with Crippen molar-refractivity contribution in [3.8, 4) is 11.3 Å². The van der Waals surface area contributed by atoms with E-state index in [1.807, 2.05) is 31.3 Å². The molecule has 0 spiro atoms. The summed E-state index contributed by atoms with van der Waals surface area (Å²) in [7, 11) is 1.95. The van der Waals surface area contributed by atoms with Gasteiger partial charge in [0.15, 0.2) is 0 Å². The van der Waals surface area contributed by atoms with Crippen molar-refractivity contribution in [1.29, 1.82) is 0 Å². The van der Waals surface area contributed by atoms with Crippen LogP contribution in [-0.2, 0) is 6.54 Å². The van der Waals surface area contributed by atoms with Crippen LogP contribution in [0.4, 0.5) is 0 Å². The molecule has 0 amide bonds. The third kappa shape index (κ3) is 2.29. The van der Waals surface area contributed by atoms with E-state index in [-0.39, 0.29) is 0 Å². The summed E-state index contributed by atoms with van der Waals surface area (Å²) in [6.07, 6.45) is 0. The zero-order valence-corrected chi connectivity index (χ0v) is 10.2. The van der Waals surface area contributed by atoms with Gasteiger partial charge in [0.2, 0.25) is 0 Å². The van der Waals surface area contributed by atoms with Crippen LogP contribution >= 0.6 is 11.6 Å². The molecule has 2 nitrogen and oxygen atoms in total. The van der Waals surface area contributed by atoms with Crippen LogP contribution in [0.25, 0.3) is 11.3 Å². The lowest BCUT2D eigenvalue weighted by Gasteiger charge is -1.97. The van der Waals surface area contributed by atoms with Crippen molar-refractivity contribution in [2.45, 2.75) is 13.5 Å². The number of benzene rings is 1. The van der Waals surface area contributed by atoms with E-state index < -0.39 is 0 Å². The van der Waals surface area contributed by atoms with E-state index >= 15 is 0 Å². The van der Waals surface area contributed by atoms with Gasteiger partial charge in [0.1, 0.15) is 0 Å². The van der Waals surface area contributed by atoms with Gasteiger partial charge in [-0.25, -0.2) is 0 Å². The van der Waals surface area contributed by atoms with Crippen LogP contribution in [0.3, 0.4) is 0 Å². The summed E-state index contributed by atoms with van der Waals surface area (Å²) in [6.45, 7) is 2.97. The number of halogens is 1. The molecule has 16 heavy (non-hydrogen) atoms. The first-order chi connectivity index (χ1) is 7.70. The lowest BCUT2D eigenvalue weighted by Crippen LogP contribution is -2.04. The van der Waals surface area contributed by atoms with E-state index in [4.69, 9.17) is 11.6 Å². The molecule has 2 N–H and O–H groups in total. The Morgan fingerprint density at radius 1 is 1.25 bits per heavy atom. The third-order valence-electron chi connectivity index (χ3n) is 2.64. The van der Waals surface area contributed by atoms with E-state index in [0.717, 1.165) is 22.8 Å². The Kier molecular flexibility index (Phi) is 3.32. The van der Waals surface area contributed by atoms with Crippen LogP contribution < -0.4 is 5.32 Å². The first-order valence-electron chi connectivity index (χ1n) is 5.29. The highest BCUT2D eigenvalue weighted by molar-refractivity contribution is 6.30. The molecule has 0 saturated heterocycles. The van der Waals surface area contributed by atoms with Crippen LogP contribution in [0.2, 0.25) is 5.02 Å². The monoisotopic (exact) mass is 234 g/mol. The van der Waals surface area contributed by atoms with Gasteiger partial charge in [0, 0.05) is 23.0 Å². The van der Waals surface area contributed by atoms with Gasteiger partial charge in [-0.1, -0.05) is 23.7 Å². The molecule has 0 saturated carbocycles. The normalized spacial score (nSPS) is 10.7. The van der Waals surface area contributed by atoms with Gasteiger partial charge in [0.25, 0.3) is 0 Å². The Balaban J connectivity index is 2.33. The van der Waals surface area contributed by atoms with Crippen molar-refractivity contribution in [1.82, 2.24) is 10.3 Å². The predicted octanol–water partition coefficient (Wildman–Crippen LogP) is 3.36. The van der Waals surface area contributed by atoms with Crippen LogP contribution in [-0.4, -0.2) is 12.0 Å². The van der Waals surface area contributed by atoms with Gasteiger partial charge in [-0.15, -0.1) is 0 Å². The molecule has 0 aliphatic carbocycles. The zero-order chi connectivity index (χ0) is 11.5. The number of aromatic nitrogens is 1. The summed E-state index contributed by atoms with van der Waals surface area (Å²) in [5, 5.41) is 3.92. The molecule has 2 aromatic rings. The molecular formula is C13H15ClN2. The van der Waals surface area contributed by atoms with Gasteiger partial charge >= 0.3 is 0 Å². The highest BCUT2D eigenvalue weighted by Crippen LogP contribution is 2.23. The molecule has 0 unspecified atom stereocenters. The maximum absolute atomic E-state index is 5.87. The van der Waals surface area contributed by atoms with Gasteiger partial charge in [-0.3, -0.25) is 0 Å². The van der Waals surface area contributed by atoms with E-state index in [0.29, 0.717) is 0 Å². The van der Waals surface area contributed by atoms with E-state index in [2.05, 4.69) is 23.3 Å². The Hall–Kier alpha value is -1.25. The van der Waals surface area contributed by atoms with Crippen molar-refractivity contribution in [2.24, 2.45) is 0 Å². The number of aryl methyl sites for hydroxylation is 1. The van der Waals surface area contributed by atoms with Crippen LogP contribution in [0.1, 0.15) is 11.3 Å². The maximum atomic E-state index is 5.87. The topological polar surface area (TPSA) is 27.8 Å². The summed E-state index contributed by atoms with van der Waals surface area (Å²) in [4.78, 5) is 3.38. The second kappa shape index (κ2) is 4.73. The SMILES string of the molecule is CNCc1cc(-c2ccc(Cl)cc2)[nH]c1C. The van der Waals surface area contributed by atoms with E-state index in [1.165, 1.54) is 11.3 Å². The minimum atomic E-state index is 0.766. The molecule has 1 aromatic heterocycles. The van der Waals surface area contributed by atoms with Crippen molar-refractivity contribution in [3.05, 3.63) is 46.6 Å². The Bertz CT molecular complexity index is 471. The average molecular weight is 235 g/mol. The van der Waals surface area contributed by atoms with Crippen molar-refractivity contribution in [3.63, 3.8) is 0 Å². The minimum absolute atomic E-state index is 0.766. The molecule has 84 valence electrons. The smallest absolute Gasteiger partial charge is 0.0459 e. The highest BCUT2D eigenvalue weighted by atomic mass is 35.5. The molecule has 0 atom stereocenters. The fourth-order valence-corrected chi connectivity index (χ4v) is 1.89. The second-order valence-corrected chi connectivity index (χ2v) is 4.31. The van der Waals surface area contributed by atoms with Gasteiger partial charge in [-0.2, -0.15) is 0 Å². The molecule has 0 radical (unpaired) electrons. The molecule has 0 bridgehead atoms. The minimum Gasteiger partial charge on any atom is -0.358 e. The van der Waals surface area contributed by atoms with Gasteiger partial charge in [0.05, 0.1) is 0 Å². The van der Waals surface area contributed by atoms with E-state index in [1.54, 1.807) is 0 Å². The summed E-state index contributed by atoms with van der Waals surface area (Å²) < 4.78 is 0. The summed E-state index contributed by atoms with van der Waals surface area (Å²) >= 11 is 5.87. The molecule has 3 heteroatoms. The number of H-pyrrole nitrogens is 1. The fourth-order valence-electron chi connectivity index (χ4n) is 1.76. The average Bonchev–Trinajstić information content (AvgIpc) is 2.62. The lowest BCUT2D eigenvalue weighted by atomic mass is 10.1. The predicted molar refractivity (Wildman–Crippen MR) is 68.7 cm³/mol. The van der Waals surface area contributed by atoms with Crippen LogP contribution in [0.5, 0.6) is 0 Å². The molecule has 0 aliphatic heterocycles. The second-order valence-electron chi connectivity index (χ2n) is 3.87. The lowest BCUT2D eigenvalue weighted by molar-refractivity contribution is 0.812. The Morgan fingerprint density at radius 3 is 2.56 bits per heavy atom. The Labute approximate surface area is 101 Å². The Morgan fingerprint density at radius 2 is 1.94 bits per heavy atom. The number of hydrogen-bond donors (Lipinski definition) is 2. The molecule has 1 aromatic carbocycles. The van der Waals surface area contributed by atoms with Gasteiger partial charge < -0.3 is 10.3 Å². The van der Waals surface area contributed by atoms with Crippen LogP contribution in [0, 0.1) is 6.92 Å². The quantitative estimate of drug-likeness (QED) is 0.838. The largest absolute Gasteiger partial charge is 0.358 e. The number of nitrogens with one attached hydrogen (secondary N) is 2. The summed E-state index contributed by atoms with van der Waals surface area (Å²) in [5.41, 5.74) is 4.81. The maximum Gasteiger partial charge on any atom is 0.0459 e. The number of aromatic amines is 1. The first-order valence-corrected chi connectivity index (χ1v) is 5.67. The molecule has 2 rings (SSSR count). The third-order valence-corrected chi connectivity index (χ3v) is 2.90. The zero-order valence-electron chi connectivity index (χ0n) is 9.47. The number of hydrogen-bond acceptors (Lipinski definition) is 1. The standard InChI is InChI=1S/C13H15ClN2/c1-9-11(8-15-2)7-13(16-9)10-3-5-12(14)6-4-10/h3-7,15-16H,8H2,1-2H3. The van der Waals surface area contributed by atoms with Crippen molar-refractivity contribution in [2.75, 3.05) is 7.05 Å². The molecule has 1 heterocycles. The van der Waals surface area contributed by atoms with Crippen molar-refractivity contribution >= 4 is 11.6 Å². The van der Waals surface area contributed by atoms with E-state index in [9.17, 15) is 0 Å². The number of rotatable bonds is 3. The van der Waals surface area contributed by atoms with Gasteiger partial charge in [-0.05, 0) is 43.3 Å². The summed E-state index contributed by atoms with van der Waals surface area (Å²) in [6, 6.07) is 10.0. The summed E-state index contributed by atoms with van der Waals surface area (Å²) in [5.74, 6) is 0. The fraction of sp³-hybridized carbons (Fsp3) is 0.231. The van der Waals surface area contributed by atoms with Crippen molar-refractivity contribution < 1.29 is 0 Å².